The second kappa shape index (κ2) is 7.02. The molecule has 18 heavy (non-hydrogen) atoms. The lowest BCUT2D eigenvalue weighted by molar-refractivity contribution is -0.129. The Balaban J connectivity index is 0.00000162. The van der Waals surface area contributed by atoms with E-state index in [2.05, 4.69) is 17.4 Å². The second-order valence-corrected chi connectivity index (χ2v) is 5.60. The number of benzene rings is 1. The highest BCUT2D eigenvalue weighted by Gasteiger charge is 2.39. The molecule has 0 saturated heterocycles. The van der Waals surface area contributed by atoms with E-state index in [1.54, 1.807) is 11.8 Å². The van der Waals surface area contributed by atoms with Crippen LogP contribution < -0.4 is 11.1 Å². The lowest BCUT2D eigenvalue weighted by atomic mass is 9.77. The topological polar surface area (TPSA) is 55.1 Å². The highest BCUT2D eigenvalue weighted by Crippen LogP contribution is 2.29. The first kappa shape index (κ1) is 15.3. The number of nitrogens with one attached hydrogen (secondary N) is 1. The minimum absolute atomic E-state index is 0. The van der Waals surface area contributed by atoms with Crippen LogP contribution in [0, 0.1) is 0 Å². The fourth-order valence-corrected chi connectivity index (χ4v) is 2.60. The van der Waals surface area contributed by atoms with Crippen molar-refractivity contribution in [1.29, 1.82) is 0 Å². The second-order valence-electron chi connectivity index (χ2n) is 4.43. The summed E-state index contributed by atoms with van der Waals surface area (Å²) in [5, 5.41) is 2.91. The monoisotopic (exact) mass is 286 g/mol. The SMILES string of the molecule is Cl.NC1(C(=O)NCCSc2ccccc2)CCC1. The van der Waals surface area contributed by atoms with Crippen LogP contribution in [0.1, 0.15) is 19.3 Å². The molecule has 1 aliphatic rings. The summed E-state index contributed by atoms with van der Waals surface area (Å²) in [4.78, 5) is 12.9. The molecule has 1 amide bonds. The van der Waals surface area contributed by atoms with Crippen LogP contribution >= 0.6 is 24.2 Å². The maximum Gasteiger partial charge on any atom is 0.240 e. The lowest BCUT2D eigenvalue weighted by Gasteiger charge is -2.36. The van der Waals surface area contributed by atoms with E-state index in [-0.39, 0.29) is 18.3 Å². The van der Waals surface area contributed by atoms with Crippen molar-refractivity contribution >= 4 is 30.1 Å². The van der Waals surface area contributed by atoms with E-state index < -0.39 is 5.54 Å². The molecule has 0 radical (unpaired) electrons. The number of halogens is 1. The van der Waals surface area contributed by atoms with E-state index >= 15 is 0 Å². The first-order valence-electron chi connectivity index (χ1n) is 5.96. The normalized spacial score (nSPS) is 16.3. The Hall–Kier alpha value is -0.710. The number of carbonyl (C=O) groups excluding carboxylic acids is 1. The van der Waals surface area contributed by atoms with Crippen molar-refractivity contribution in [3.05, 3.63) is 30.3 Å². The lowest BCUT2D eigenvalue weighted by Crippen LogP contribution is -2.58. The summed E-state index contributed by atoms with van der Waals surface area (Å²) >= 11 is 1.74. The van der Waals surface area contributed by atoms with E-state index in [9.17, 15) is 4.79 Å². The van der Waals surface area contributed by atoms with Crippen LogP contribution in [-0.4, -0.2) is 23.7 Å². The fourth-order valence-electron chi connectivity index (χ4n) is 1.81. The van der Waals surface area contributed by atoms with Gasteiger partial charge in [0.2, 0.25) is 5.91 Å². The van der Waals surface area contributed by atoms with Gasteiger partial charge >= 0.3 is 0 Å². The van der Waals surface area contributed by atoms with Crippen molar-refractivity contribution in [2.45, 2.75) is 29.7 Å². The van der Waals surface area contributed by atoms with E-state index in [1.807, 2.05) is 18.2 Å². The van der Waals surface area contributed by atoms with Gasteiger partial charge in [-0.25, -0.2) is 0 Å². The van der Waals surface area contributed by atoms with Gasteiger partial charge in [0.1, 0.15) is 0 Å². The maximum atomic E-state index is 11.7. The highest BCUT2D eigenvalue weighted by molar-refractivity contribution is 7.99. The quantitative estimate of drug-likeness (QED) is 0.644. The molecule has 1 fully saturated rings. The number of hydrogen-bond donors (Lipinski definition) is 2. The Morgan fingerprint density at radius 1 is 1.33 bits per heavy atom. The van der Waals surface area contributed by atoms with Crippen molar-refractivity contribution in [2.24, 2.45) is 5.73 Å². The molecule has 1 aliphatic carbocycles. The predicted octanol–water partition coefficient (Wildman–Crippen LogP) is 2.20. The van der Waals surface area contributed by atoms with Crippen molar-refractivity contribution in [2.75, 3.05) is 12.3 Å². The molecule has 0 bridgehead atoms. The van der Waals surface area contributed by atoms with Gasteiger partial charge in [-0.05, 0) is 31.4 Å². The molecule has 0 unspecified atom stereocenters. The van der Waals surface area contributed by atoms with Crippen LogP contribution in [0.4, 0.5) is 0 Å². The maximum absolute atomic E-state index is 11.7. The Kier molecular flexibility index (Phi) is 5.99. The third-order valence-electron chi connectivity index (χ3n) is 3.10. The van der Waals surface area contributed by atoms with Gasteiger partial charge in [-0.1, -0.05) is 18.2 Å². The Morgan fingerprint density at radius 3 is 2.56 bits per heavy atom. The average Bonchev–Trinajstić information content (AvgIpc) is 2.32. The molecule has 0 heterocycles. The molecule has 0 spiro atoms. The van der Waals surface area contributed by atoms with E-state index in [1.165, 1.54) is 4.90 Å². The first-order valence-corrected chi connectivity index (χ1v) is 6.94. The number of thioether (sulfide) groups is 1. The van der Waals surface area contributed by atoms with Crippen LogP contribution in [0.15, 0.2) is 35.2 Å². The molecule has 0 aromatic heterocycles. The van der Waals surface area contributed by atoms with Crippen molar-refractivity contribution in [3.63, 3.8) is 0 Å². The molecule has 0 atom stereocenters. The van der Waals surface area contributed by atoms with Crippen LogP contribution in [0.3, 0.4) is 0 Å². The minimum Gasteiger partial charge on any atom is -0.354 e. The molecule has 3 nitrogen and oxygen atoms in total. The van der Waals surface area contributed by atoms with Gasteiger partial charge in [-0.2, -0.15) is 0 Å². The number of hydrogen-bond acceptors (Lipinski definition) is 3. The number of nitrogens with two attached hydrogens (primary N) is 1. The van der Waals surface area contributed by atoms with Gasteiger partial charge in [0.05, 0.1) is 5.54 Å². The summed E-state index contributed by atoms with van der Waals surface area (Å²) < 4.78 is 0. The minimum atomic E-state index is -0.572. The van der Waals surface area contributed by atoms with Crippen LogP contribution in [-0.2, 0) is 4.79 Å². The predicted molar refractivity (Wildman–Crippen MR) is 78.2 cm³/mol. The van der Waals surface area contributed by atoms with Crippen molar-refractivity contribution < 1.29 is 4.79 Å². The van der Waals surface area contributed by atoms with E-state index in [0.717, 1.165) is 25.0 Å². The smallest absolute Gasteiger partial charge is 0.240 e. The Bertz CT molecular complexity index is 382. The molecule has 5 heteroatoms. The van der Waals surface area contributed by atoms with Gasteiger partial charge in [0.25, 0.3) is 0 Å². The standard InChI is InChI=1S/C13H18N2OS.ClH/c14-13(7-4-8-13)12(16)15-9-10-17-11-5-2-1-3-6-11;/h1-3,5-6H,4,7-10,14H2,(H,15,16);1H. The summed E-state index contributed by atoms with van der Waals surface area (Å²) in [7, 11) is 0. The summed E-state index contributed by atoms with van der Waals surface area (Å²) in [6.45, 7) is 0.678. The zero-order valence-corrected chi connectivity index (χ0v) is 11.9. The van der Waals surface area contributed by atoms with Gasteiger partial charge in [0.15, 0.2) is 0 Å². The van der Waals surface area contributed by atoms with Gasteiger partial charge < -0.3 is 11.1 Å². The zero-order chi connectivity index (χ0) is 12.1. The van der Waals surface area contributed by atoms with Crippen LogP contribution in [0.5, 0.6) is 0 Å². The third-order valence-corrected chi connectivity index (χ3v) is 4.11. The van der Waals surface area contributed by atoms with Crippen molar-refractivity contribution in [3.8, 4) is 0 Å². The van der Waals surface area contributed by atoms with Crippen LogP contribution in [0.2, 0.25) is 0 Å². The molecule has 0 aliphatic heterocycles. The third kappa shape index (κ3) is 3.90. The zero-order valence-electron chi connectivity index (χ0n) is 10.2. The molecule has 2 rings (SSSR count). The number of amides is 1. The fraction of sp³-hybridized carbons (Fsp3) is 0.462. The van der Waals surface area contributed by atoms with Gasteiger partial charge in [-0.3, -0.25) is 4.79 Å². The van der Waals surface area contributed by atoms with E-state index in [4.69, 9.17) is 5.73 Å². The summed E-state index contributed by atoms with van der Waals surface area (Å²) in [5.74, 6) is 0.892. The van der Waals surface area contributed by atoms with Crippen LogP contribution in [0.25, 0.3) is 0 Å². The Labute approximate surface area is 118 Å². The largest absolute Gasteiger partial charge is 0.354 e. The molecule has 100 valence electrons. The average molecular weight is 287 g/mol. The molecular weight excluding hydrogens is 268 g/mol. The molecular formula is C13H19ClN2OS. The first-order chi connectivity index (χ1) is 8.21. The Morgan fingerprint density at radius 2 is 2.00 bits per heavy atom. The number of carbonyl (C=O) groups is 1. The van der Waals surface area contributed by atoms with Gasteiger partial charge in [0, 0.05) is 17.2 Å². The molecule has 3 N–H and O–H groups in total. The summed E-state index contributed by atoms with van der Waals surface area (Å²) in [6, 6.07) is 10.2. The summed E-state index contributed by atoms with van der Waals surface area (Å²) in [5.41, 5.74) is 5.35. The molecule has 1 aromatic carbocycles. The number of rotatable bonds is 5. The molecule has 1 saturated carbocycles. The highest BCUT2D eigenvalue weighted by atomic mass is 35.5. The summed E-state index contributed by atoms with van der Waals surface area (Å²) in [6.07, 6.45) is 2.72. The van der Waals surface area contributed by atoms with Gasteiger partial charge in [-0.15, -0.1) is 24.2 Å². The van der Waals surface area contributed by atoms with E-state index in [0.29, 0.717) is 6.54 Å². The van der Waals surface area contributed by atoms with Crippen molar-refractivity contribution in [1.82, 2.24) is 5.32 Å². The molecule has 1 aromatic rings.